The van der Waals surface area contributed by atoms with E-state index in [-0.39, 0.29) is 5.82 Å². The Balaban J connectivity index is 2.24. The first-order valence-electron chi connectivity index (χ1n) is 5.43. The second kappa shape index (κ2) is 3.99. The third-order valence-corrected chi connectivity index (χ3v) is 2.44. The summed E-state index contributed by atoms with van der Waals surface area (Å²) in [5.41, 5.74) is 8.19. The molecule has 0 bridgehead atoms. The number of aromatic nitrogens is 6. The van der Waals surface area contributed by atoms with Crippen LogP contribution in [0.5, 0.6) is 6.01 Å². The summed E-state index contributed by atoms with van der Waals surface area (Å²) in [5, 5.41) is 7.91. The minimum absolute atomic E-state index is 0.256. The number of hydrogen-bond acceptors (Lipinski definition) is 6. The summed E-state index contributed by atoms with van der Waals surface area (Å²) in [6, 6.07) is 0.394. The minimum Gasteiger partial charge on any atom is -0.465 e. The fourth-order valence-corrected chi connectivity index (χ4v) is 1.68. The maximum absolute atomic E-state index is 5.75. The van der Waals surface area contributed by atoms with Gasteiger partial charge in [0, 0.05) is 6.20 Å². The molecular weight excluding hydrogens is 234 g/mol. The second-order valence-electron chi connectivity index (χ2n) is 3.59. The number of nitrogens with zero attached hydrogens (tertiary/aromatic N) is 4. The highest BCUT2D eigenvalue weighted by Crippen LogP contribution is 2.27. The monoisotopic (exact) mass is 245 g/mol. The lowest BCUT2D eigenvalue weighted by atomic mass is 10.2. The van der Waals surface area contributed by atoms with Crippen LogP contribution in [0.15, 0.2) is 12.5 Å². The maximum Gasteiger partial charge on any atom is 0.294 e. The Morgan fingerprint density at radius 1 is 1.39 bits per heavy atom. The summed E-state index contributed by atoms with van der Waals surface area (Å²) in [7, 11) is 0. The van der Waals surface area contributed by atoms with Crippen LogP contribution in [0.3, 0.4) is 0 Å². The van der Waals surface area contributed by atoms with E-state index < -0.39 is 0 Å². The molecule has 0 fully saturated rings. The number of H-pyrrole nitrogens is 2. The lowest BCUT2D eigenvalue weighted by Crippen LogP contribution is -1.97. The van der Waals surface area contributed by atoms with E-state index in [4.69, 9.17) is 10.5 Å². The molecule has 0 aliphatic carbocycles. The van der Waals surface area contributed by atoms with Gasteiger partial charge in [-0.15, -0.1) is 10.2 Å². The van der Waals surface area contributed by atoms with Crippen molar-refractivity contribution < 1.29 is 4.74 Å². The van der Waals surface area contributed by atoms with E-state index in [0.29, 0.717) is 35.0 Å². The Kier molecular flexibility index (Phi) is 2.33. The first kappa shape index (κ1) is 10.5. The Hall–Kier alpha value is -2.64. The smallest absolute Gasteiger partial charge is 0.294 e. The van der Waals surface area contributed by atoms with E-state index >= 15 is 0 Å². The second-order valence-corrected chi connectivity index (χ2v) is 3.59. The first-order valence-corrected chi connectivity index (χ1v) is 5.43. The molecule has 3 aromatic rings. The van der Waals surface area contributed by atoms with E-state index in [1.54, 1.807) is 12.5 Å². The minimum atomic E-state index is 0.256. The number of aromatic amines is 2. The highest BCUT2D eigenvalue weighted by Gasteiger charge is 2.15. The summed E-state index contributed by atoms with van der Waals surface area (Å²) in [6.07, 6.45) is 3.29. The van der Waals surface area contributed by atoms with E-state index in [9.17, 15) is 0 Å². The molecule has 0 saturated carbocycles. The van der Waals surface area contributed by atoms with Crippen LogP contribution in [0.2, 0.25) is 0 Å². The zero-order chi connectivity index (χ0) is 12.5. The van der Waals surface area contributed by atoms with E-state index in [0.717, 1.165) is 0 Å². The molecule has 0 spiro atoms. The standard InChI is InChI=1S/C10H11N7O/c1-2-18-10-14-7-6(5-3-12-4-13-5)16-17-9(11)8(7)15-10/h3-4H,2H2,1H3,(H2,11,17)(H,12,13)(H,14,15). The van der Waals surface area contributed by atoms with Crippen LogP contribution in [-0.2, 0) is 0 Å². The largest absolute Gasteiger partial charge is 0.465 e. The number of fused-ring (bicyclic) bond motifs is 1. The van der Waals surface area contributed by atoms with Crippen LogP contribution in [-0.4, -0.2) is 36.7 Å². The summed E-state index contributed by atoms with van der Waals surface area (Å²) in [5.74, 6) is 0.256. The molecule has 0 saturated heterocycles. The number of nitrogen functional groups attached to an aromatic ring is 1. The molecule has 0 aliphatic rings. The van der Waals surface area contributed by atoms with Crippen molar-refractivity contribution in [3.05, 3.63) is 12.5 Å². The van der Waals surface area contributed by atoms with Gasteiger partial charge in [0.2, 0.25) is 0 Å². The molecule has 8 heteroatoms. The normalized spacial score (nSPS) is 10.9. The fraction of sp³-hybridized carbons (Fsp3) is 0.200. The molecule has 0 amide bonds. The number of rotatable bonds is 3. The predicted octanol–water partition coefficient (Wildman–Crippen LogP) is 0.724. The highest BCUT2D eigenvalue weighted by molar-refractivity contribution is 5.94. The Morgan fingerprint density at radius 3 is 3.00 bits per heavy atom. The van der Waals surface area contributed by atoms with Crippen molar-refractivity contribution in [2.45, 2.75) is 6.92 Å². The molecule has 3 aromatic heterocycles. The van der Waals surface area contributed by atoms with Crippen molar-refractivity contribution in [1.82, 2.24) is 30.1 Å². The number of hydrogen-bond donors (Lipinski definition) is 3. The van der Waals surface area contributed by atoms with Gasteiger partial charge in [0.25, 0.3) is 6.01 Å². The Bertz CT molecular complexity index is 673. The Labute approximate surface area is 102 Å². The molecule has 0 radical (unpaired) electrons. The molecule has 3 heterocycles. The zero-order valence-corrected chi connectivity index (χ0v) is 9.64. The van der Waals surface area contributed by atoms with Crippen molar-refractivity contribution in [2.24, 2.45) is 0 Å². The predicted molar refractivity (Wildman–Crippen MR) is 64.8 cm³/mol. The van der Waals surface area contributed by atoms with Crippen molar-refractivity contribution >= 4 is 16.9 Å². The molecule has 3 rings (SSSR count). The molecular formula is C10H11N7O. The molecule has 0 aromatic carbocycles. The number of anilines is 1. The lowest BCUT2D eigenvalue weighted by molar-refractivity contribution is 0.317. The average molecular weight is 245 g/mol. The van der Waals surface area contributed by atoms with Gasteiger partial charge in [-0.25, -0.2) is 4.98 Å². The molecule has 4 N–H and O–H groups in total. The van der Waals surface area contributed by atoms with Gasteiger partial charge >= 0.3 is 0 Å². The summed E-state index contributed by atoms with van der Waals surface area (Å²) < 4.78 is 5.31. The highest BCUT2D eigenvalue weighted by atomic mass is 16.5. The molecule has 0 unspecified atom stereocenters. The van der Waals surface area contributed by atoms with Gasteiger partial charge in [0.15, 0.2) is 5.82 Å². The quantitative estimate of drug-likeness (QED) is 0.625. The van der Waals surface area contributed by atoms with Crippen LogP contribution in [0.25, 0.3) is 22.4 Å². The van der Waals surface area contributed by atoms with Crippen molar-refractivity contribution in [1.29, 1.82) is 0 Å². The van der Waals surface area contributed by atoms with Crippen LogP contribution < -0.4 is 10.5 Å². The number of ether oxygens (including phenoxy) is 1. The van der Waals surface area contributed by atoms with Gasteiger partial charge in [0.1, 0.15) is 22.4 Å². The van der Waals surface area contributed by atoms with Gasteiger partial charge in [-0.3, -0.25) is 0 Å². The summed E-state index contributed by atoms with van der Waals surface area (Å²) in [6.45, 7) is 2.39. The third kappa shape index (κ3) is 1.54. The van der Waals surface area contributed by atoms with Gasteiger partial charge in [-0.05, 0) is 6.92 Å². The maximum atomic E-state index is 5.75. The van der Waals surface area contributed by atoms with Crippen LogP contribution in [0.4, 0.5) is 5.82 Å². The van der Waals surface area contributed by atoms with Gasteiger partial charge < -0.3 is 20.4 Å². The summed E-state index contributed by atoms with van der Waals surface area (Å²) in [4.78, 5) is 14.3. The molecule has 8 nitrogen and oxygen atoms in total. The van der Waals surface area contributed by atoms with Crippen LogP contribution >= 0.6 is 0 Å². The molecule has 92 valence electrons. The van der Waals surface area contributed by atoms with Gasteiger partial charge in [0.05, 0.1) is 12.9 Å². The summed E-state index contributed by atoms with van der Waals surface area (Å²) >= 11 is 0. The fourth-order valence-electron chi connectivity index (χ4n) is 1.68. The first-order chi connectivity index (χ1) is 8.79. The van der Waals surface area contributed by atoms with Crippen molar-refractivity contribution in [3.63, 3.8) is 0 Å². The molecule has 0 atom stereocenters. The molecule has 0 aliphatic heterocycles. The van der Waals surface area contributed by atoms with Crippen molar-refractivity contribution in [2.75, 3.05) is 12.3 Å². The lowest BCUT2D eigenvalue weighted by Gasteiger charge is -1.97. The van der Waals surface area contributed by atoms with Gasteiger partial charge in [-0.2, -0.15) is 4.98 Å². The topological polar surface area (TPSA) is 118 Å². The van der Waals surface area contributed by atoms with E-state index in [1.807, 2.05) is 6.92 Å². The molecule has 18 heavy (non-hydrogen) atoms. The van der Waals surface area contributed by atoms with E-state index in [1.165, 1.54) is 0 Å². The van der Waals surface area contributed by atoms with Crippen LogP contribution in [0.1, 0.15) is 6.92 Å². The van der Waals surface area contributed by atoms with Crippen molar-refractivity contribution in [3.8, 4) is 17.4 Å². The van der Waals surface area contributed by atoms with Gasteiger partial charge in [-0.1, -0.05) is 0 Å². The number of nitrogens with two attached hydrogens (primary N) is 1. The van der Waals surface area contributed by atoms with Crippen LogP contribution in [0, 0.1) is 0 Å². The SMILES string of the molecule is CCOc1nc2c(N)nnc(-c3c[nH]cn3)c2[nH]1. The van der Waals surface area contributed by atoms with E-state index in [2.05, 4.69) is 30.1 Å². The zero-order valence-electron chi connectivity index (χ0n) is 9.64. The number of imidazole rings is 2. The average Bonchev–Trinajstić information content (AvgIpc) is 2.99. The number of nitrogens with one attached hydrogen (secondary N) is 2. The third-order valence-electron chi connectivity index (χ3n) is 2.44. The Morgan fingerprint density at radius 2 is 2.28 bits per heavy atom.